The fourth-order valence-electron chi connectivity index (χ4n) is 3.75. The van der Waals surface area contributed by atoms with Crippen molar-refractivity contribution in [2.24, 2.45) is 5.92 Å². The number of aromatic nitrogens is 3. The highest BCUT2D eigenvalue weighted by Crippen LogP contribution is 2.35. The zero-order valence-electron chi connectivity index (χ0n) is 15.9. The van der Waals surface area contributed by atoms with Crippen LogP contribution in [0.25, 0.3) is 16.9 Å². The Kier molecular flexibility index (Phi) is 5.09. The molecule has 1 aliphatic heterocycles. The molecular weight excluding hydrogens is 421 g/mol. The monoisotopic (exact) mass is 438 g/mol. The first-order chi connectivity index (χ1) is 14.1. The van der Waals surface area contributed by atoms with E-state index < -0.39 is 23.8 Å². The molecule has 1 fully saturated rings. The molecular formula is C20H18ClF3N4O2. The van der Waals surface area contributed by atoms with E-state index in [4.69, 9.17) is 11.6 Å². The molecule has 10 heteroatoms. The second-order valence-corrected chi connectivity index (χ2v) is 7.77. The van der Waals surface area contributed by atoms with Gasteiger partial charge in [-0.25, -0.2) is 4.98 Å². The van der Waals surface area contributed by atoms with Gasteiger partial charge < -0.3 is 10.0 Å². The molecule has 2 aromatic heterocycles. The maximum Gasteiger partial charge on any atom is 0.433 e. The number of carbonyl (C=O) groups is 1. The number of anilines is 1. The molecule has 0 bridgehead atoms. The number of fused-ring (bicyclic) bond motifs is 1. The van der Waals surface area contributed by atoms with E-state index in [1.165, 1.54) is 4.52 Å². The SMILES string of the molecule is Cc1c(-c2ccc(Cl)cc2)nn2c(N3CCCC(C(=O)O)C3)cc(C(F)(F)F)nc12. The summed E-state index contributed by atoms with van der Waals surface area (Å²) in [5.41, 5.74) is 0.738. The highest BCUT2D eigenvalue weighted by molar-refractivity contribution is 6.30. The van der Waals surface area contributed by atoms with Gasteiger partial charge in [-0.05, 0) is 31.9 Å². The lowest BCUT2D eigenvalue weighted by Crippen LogP contribution is -2.40. The van der Waals surface area contributed by atoms with E-state index in [1.54, 1.807) is 36.1 Å². The van der Waals surface area contributed by atoms with Crippen LogP contribution in [0.4, 0.5) is 19.0 Å². The second kappa shape index (κ2) is 7.46. The van der Waals surface area contributed by atoms with Gasteiger partial charge in [-0.2, -0.15) is 22.8 Å². The molecule has 1 N–H and O–H groups in total. The molecule has 6 nitrogen and oxygen atoms in total. The number of aliphatic carboxylic acids is 1. The van der Waals surface area contributed by atoms with Gasteiger partial charge in [-0.15, -0.1) is 0 Å². The van der Waals surface area contributed by atoms with E-state index in [9.17, 15) is 23.1 Å². The normalized spacial score (nSPS) is 17.5. The van der Waals surface area contributed by atoms with Crippen LogP contribution in [-0.4, -0.2) is 38.8 Å². The number of carboxylic acid groups (broad SMARTS) is 1. The molecule has 0 saturated carbocycles. The highest BCUT2D eigenvalue weighted by atomic mass is 35.5. The maximum absolute atomic E-state index is 13.6. The van der Waals surface area contributed by atoms with Gasteiger partial charge in [0.1, 0.15) is 5.82 Å². The topological polar surface area (TPSA) is 70.7 Å². The van der Waals surface area contributed by atoms with Crippen LogP contribution in [0.2, 0.25) is 5.02 Å². The first-order valence-corrected chi connectivity index (χ1v) is 9.74. The summed E-state index contributed by atoms with van der Waals surface area (Å²) in [6.45, 7) is 2.22. The van der Waals surface area contributed by atoms with Crippen LogP contribution in [0.15, 0.2) is 30.3 Å². The van der Waals surface area contributed by atoms with E-state index in [0.29, 0.717) is 41.2 Å². The highest BCUT2D eigenvalue weighted by Gasteiger charge is 2.36. The van der Waals surface area contributed by atoms with Gasteiger partial charge >= 0.3 is 12.1 Å². The number of benzene rings is 1. The Balaban J connectivity index is 1.90. The van der Waals surface area contributed by atoms with E-state index in [1.807, 2.05) is 0 Å². The number of aryl methyl sites for hydroxylation is 1. The van der Waals surface area contributed by atoms with Crippen LogP contribution in [0.3, 0.4) is 0 Å². The second-order valence-electron chi connectivity index (χ2n) is 7.34. The van der Waals surface area contributed by atoms with Crippen LogP contribution in [0, 0.1) is 12.8 Å². The van der Waals surface area contributed by atoms with Gasteiger partial charge in [0, 0.05) is 35.3 Å². The van der Waals surface area contributed by atoms with Crippen LogP contribution in [0.5, 0.6) is 0 Å². The molecule has 0 aliphatic carbocycles. The number of rotatable bonds is 3. The zero-order chi connectivity index (χ0) is 21.6. The molecule has 3 aromatic rings. The Hall–Kier alpha value is -2.81. The lowest BCUT2D eigenvalue weighted by Gasteiger charge is -2.32. The lowest BCUT2D eigenvalue weighted by molar-refractivity contribution is -0.142. The number of halogens is 4. The minimum Gasteiger partial charge on any atom is -0.481 e. The number of carboxylic acids is 1. The van der Waals surface area contributed by atoms with Crippen LogP contribution in [0.1, 0.15) is 24.1 Å². The van der Waals surface area contributed by atoms with Crippen LogP contribution >= 0.6 is 11.6 Å². The average molecular weight is 439 g/mol. The summed E-state index contributed by atoms with van der Waals surface area (Å²) in [6, 6.07) is 7.77. The first kappa shape index (κ1) is 20.5. The molecule has 30 heavy (non-hydrogen) atoms. The van der Waals surface area contributed by atoms with Crippen molar-refractivity contribution in [3.05, 3.63) is 46.6 Å². The maximum atomic E-state index is 13.6. The molecule has 1 aromatic carbocycles. The average Bonchev–Trinajstić information content (AvgIpc) is 3.04. The molecule has 0 radical (unpaired) electrons. The number of piperidine rings is 1. The van der Waals surface area contributed by atoms with E-state index in [-0.39, 0.29) is 18.0 Å². The third kappa shape index (κ3) is 3.69. The summed E-state index contributed by atoms with van der Waals surface area (Å²) >= 11 is 5.94. The summed E-state index contributed by atoms with van der Waals surface area (Å²) in [5, 5.41) is 14.4. The van der Waals surface area contributed by atoms with Crippen molar-refractivity contribution in [3.63, 3.8) is 0 Å². The summed E-state index contributed by atoms with van der Waals surface area (Å²) in [4.78, 5) is 16.9. The van der Waals surface area contributed by atoms with Crippen molar-refractivity contribution in [1.29, 1.82) is 0 Å². The Morgan fingerprint density at radius 3 is 2.60 bits per heavy atom. The Bertz CT molecular complexity index is 1110. The van der Waals surface area contributed by atoms with Crippen LogP contribution in [-0.2, 0) is 11.0 Å². The summed E-state index contributed by atoms with van der Waals surface area (Å²) in [5.74, 6) is -1.43. The number of alkyl halides is 3. The predicted octanol–water partition coefficient (Wildman–Crippen LogP) is 4.68. The number of hydrogen-bond acceptors (Lipinski definition) is 4. The van der Waals surface area contributed by atoms with Gasteiger partial charge in [0.05, 0.1) is 11.6 Å². The first-order valence-electron chi connectivity index (χ1n) is 9.36. The lowest BCUT2D eigenvalue weighted by atomic mass is 9.98. The number of hydrogen-bond donors (Lipinski definition) is 1. The quantitative estimate of drug-likeness (QED) is 0.643. The van der Waals surface area contributed by atoms with Crippen LogP contribution < -0.4 is 4.90 Å². The summed E-state index contributed by atoms with van der Waals surface area (Å²) in [7, 11) is 0. The van der Waals surface area contributed by atoms with Gasteiger partial charge in [-0.3, -0.25) is 4.79 Å². The van der Waals surface area contributed by atoms with Gasteiger partial charge in [0.25, 0.3) is 0 Å². The van der Waals surface area contributed by atoms with E-state index in [0.717, 1.165) is 6.07 Å². The molecule has 0 amide bonds. The van der Waals surface area contributed by atoms with Crippen molar-refractivity contribution in [2.75, 3.05) is 18.0 Å². The minimum atomic E-state index is -4.64. The van der Waals surface area contributed by atoms with Crippen molar-refractivity contribution >= 4 is 29.0 Å². The zero-order valence-corrected chi connectivity index (χ0v) is 16.7. The standard InChI is InChI=1S/C20H18ClF3N4O2/c1-11-17(12-4-6-14(21)7-5-12)26-28-16(9-15(20(22,23)24)25-18(11)28)27-8-2-3-13(10-27)19(29)30/h4-7,9,13H,2-3,8,10H2,1H3,(H,29,30). The van der Waals surface area contributed by atoms with Crippen molar-refractivity contribution in [3.8, 4) is 11.3 Å². The largest absolute Gasteiger partial charge is 0.481 e. The molecule has 1 atom stereocenters. The summed E-state index contributed by atoms with van der Waals surface area (Å²) < 4.78 is 42.0. The molecule has 4 rings (SSSR count). The third-order valence-electron chi connectivity index (χ3n) is 5.30. The molecule has 1 saturated heterocycles. The fraction of sp³-hybridized carbons (Fsp3) is 0.350. The third-order valence-corrected chi connectivity index (χ3v) is 5.56. The molecule has 158 valence electrons. The van der Waals surface area contributed by atoms with E-state index >= 15 is 0 Å². The molecule has 1 aliphatic rings. The van der Waals surface area contributed by atoms with Crippen molar-refractivity contribution < 1.29 is 23.1 Å². The Morgan fingerprint density at radius 2 is 1.97 bits per heavy atom. The minimum absolute atomic E-state index is 0.0854. The molecule has 3 heterocycles. The van der Waals surface area contributed by atoms with E-state index in [2.05, 4.69) is 10.1 Å². The van der Waals surface area contributed by atoms with Gasteiger partial charge in [0.2, 0.25) is 0 Å². The predicted molar refractivity (Wildman–Crippen MR) is 106 cm³/mol. The number of nitrogens with zero attached hydrogens (tertiary/aromatic N) is 4. The van der Waals surface area contributed by atoms with Gasteiger partial charge in [0.15, 0.2) is 11.3 Å². The fourth-order valence-corrected chi connectivity index (χ4v) is 3.87. The molecule has 1 unspecified atom stereocenters. The van der Waals surface area contributed by atoms with Gasteiger partial charge in [-0.1, -0.05) is 23.7 Å². The Morgan fingerprint density at radius 1 is 1.27 bits per heavy atom. The Labute approximate surface area is 174 Å². The summed E-state index contributed by atoms with van der Waals surface area (Å²) in [6.07, 6.45) is -3.59. The smallest absolute Gasteiger partial charge is 0.433 e. The molecule has 0 spiro atoms. The van der Waals surface area contributed by atoms with Crippen molar-refractivity contribution in [1.82, 2.24) is 14.6 Å². The van der Waals surface area contributed by atoms with Crippen molar-refractivity contribution in [2.45, 2.75) is 25.9 Å².